The van der Waals surface area contributed by atoms with Gasteiger partial charge in [-0.05, 0) is 56.2 Å². The molecule has 0 bridgehead atoms. The van der Waals surface area contributed by atoms with Crippen molar-refractivity contribution in [3.63, 3.8) is 0 Å². The van der Waals surface area contributed by atoms with Crippen molar-refractivity contribution in [3.8, 4) is 11.5 Å². The number of rotatable bonds is 6. The fourth-order valence-corrected chi connectivity index (χ4v) is 3.20. The van der Waals surface area contributed by atoms with Crippen LogP contribution in [0.2, 0.25) is 0 Å². The molecule has 0 aliphatic carbocycles. The van der Waals surface area contributed by atoms with Crippen LogP contribution in [0.3, 0.4) is 0 Å². The van der Waals surface area contributed by atoms with Gasteiger partial charge < -0.3 is 14.8 Å². The number of nitrogens with zero attached hydrogens (tertiary/aromatic N) is 2. The Labute approximate surface area is 170 Å². The highest BCUT2D eigenvalue weighted by Gasteiger charge is 2.21. The third-order valence-corrected chi connectivity index (χ3v) is 4.49. The molecule has 152 valence electrons. The van der Waals surface area contributed by atoms with E-state index in [4.69, 9.17) is 9.47 Å². The average Bonchev–Trinajstić information content (AvgIpc) is 2.73. The maximum Gasteiger partial charge on any atom is 0.274 e. The number of hydrogen-bond acceptors (Lipinski definition) is 5. The lowest BCUT2D eigenvalue weighted by Gasteiger charge is -2.24. The highest BCUT2D eigenvalue weighted by molar-refractivity contribution is 6.03. The van der Waals surface area contributed by atoms with E-state index in [1.165, 1.54) is 11.9 Å². The molecular weight excluding hydrogens is 370 g/mol. The summed E-state index contributed by atoms with van der Waals surface area (Å²) in [5.41, 5.74) is 2.79. The van der Waals surface area contributed by atoms with Crippen molar-refractivity contribution >= 4 is 23.2 Å². The topological polar surface area (TPSA) is 80.2 Å². The molecule has 0 aromatic heterocycles. The van der Waals surface area contributed by atoms with Gasteiger partial charge in [0.25, 0.3) is 5.91 Å². The second kappa shape index (κ2) is 9.23. The number of nitrogens with one attached hydrogen (secondary N) is 1. The lowest BCUT2D eigenvalue weighted by molar-refractivity contribution is -0.114. The molecule has 3 rings (SSSR count). The average molecular weight is 395 g/mol. The first kappa shape index (κ1) is 20.4. The third-order valence-electron chi connectivity index (χ3n) is 4.49. The van der Waals surface area contributed by atoms with Crippen LogP contribution in [0.25, 0.3) is 0 Å². The van der Waals surface area contributed by atoms with Crippen LogP contribution in [0.4, 0.5) is 5.69 Å². The lowest BCUT2D eigenvalue weighted by atomic mass is 10.0. The van der Waals surface area contributed by atoms with Gasteiger partial charge in [0, 0.05) is 30.3 Å². The number of amides is 2. The molecular formula is C22H25N3O4. The Morgan fingerprint density at radius 2 is 2.00 bits per heavy atom. The van der Waals surface area contributed by atoms with E-state index in [1.807, 2.05) is 25.1 Å². The van der Waals surface area contributed by atoms with Crippen molar-refractivity contribution in [1.82, 2.24) is 5.01 Å². The van der Waals surface area contributed by atoms with Crippen LogP contribution in [-0.2, 0) is 4.79 Å². The molecule has 1 heterocycles. The molecule has 0 unspecified atom stereocenters. The quantitative estimate of drug-likeness (QED) is 0.809. The Balaban J connectivity index is 1.85. The van der Waals surface area contributed by atoms with Gasteiger partial charge in [-0.3, -0.25) is 9.59 Å². The SMILES string of the molecule is CCOc1cc(C2=NN(C(=O)c3cccc(NC(C)=O)c3)CCC2)ccc1OC. The molecule has 1 aliphatic heterocycles. The fraction of sp³-hybridized carbons (Fsp3) is 0.318. The van der Waals surface area contributed by atoms with E-state index < -0.39 is 0 Å². The van der Waals surface area contributed by atoms with Crippen LogP contribution in [0, 0.1) is 0 Å². The van der Waals surface area contributed by atoms with Crippen molar-refractivity contribution in [3.05, 3.63) is 53.6 Å². The number of carbonyl (C=O) groups excluding carboxylic acids is 2. The van der Waals surface area contributed by atoms with E-state index in [0.717, 1.165) is 24.1 Å². The fourth-order valence-electron chi connectivity index (χ4n) is 3.20. The van der Waals surface area contributed by atoms with Gasteiger partial charge in [0.2, 0.25) is 5.91 Å². The second-order valence-electron chi connectivity index (χ2n) is 6.64. The molecule has 2 aromatic carbocycles. The molecule has 7 heteroatoms. The minimum Gasteiger partial charge on any atom is -0.493 e. The summed E-state index contributed by atoms with van der Waals surface area (Å²) in [5, 5.41) is 8.77. The summed E-state index contributed by atoms with van der Waals surface area (Å²) in [6.45, 7) is 4.42. The molecule has 1 aliphatic rings. The zero-order valence-electron chi connectivity index (χ0n) is 16.9. The van der Waals surface area contributed by atoms with E-state index in [2.05, 4.69) is 10.4 Å². The van der Waals surface area contributed by atoms with E-state index >= 15 is 0 Å². The molecule has 0 spiro atoms. The van der Waals surface area contributed by atoms with E-state index in [9.17, 15) is 9.59 Å². The number of hydrazone groups is 1. The largest absolute Gasteiger partial charge is 0.493 e. The predicted octanol–water partition coefficient (Wildman–Crippen LogP) is 3.69. The van der Waals surface area contributed by atoms with E-state index in [0.29, 0.717) is 35.9 Å². The Morgan fingerprint density at radius 1 is 1.17 bits per heavy atom. The van der Waals surface area contributed by atoms with Gasteiger partial charge in [-0.25, -0.2) is 5.01 Å². The summed E-state index contributed by atoms with van der Waals surface area (Å²) in [7, 11) is 1.60. The van der Waals surface area contributed by atoms with Crippen molar-refractivity contribution in [2.45, 2.75) is 26.7 Å². The molecule has 2 amide bonds. The number of ether oxygens (including phenoxy) is 2. The molecule has 0 fully saturated rings. The van der Waals surface area contributed by atoms with Gasteiger partial charge in [-0.15, -0.1) is 0 Å². The minimum atomic E-state index is -0.201. The summed E-state index contributed by atoms with van der Waals surface area (Å²) in [6.07, 6.45) is 1.58. The molecule has 0 saturated carbocycles. The summed E-state index contributed by atoms with van der Waals surface area (Å²) < 4.78 is 11.0. The van der Waals surface area contributed by atoms with Crippen molar-refractivity contribution in [2.75, 3.05) is 25.6 Å². The molecule has 1 N–H and O–H groups in total. The molecule has 7 nitrogen and oxygen atoms in total. The number of methoxy groups -OCH3 is 1. The van der Waals surface area contributed by atoms with Crippen LogP contribution in [0.1, 0.15) is 42.6 Å². The van der Waals surface area contributed by atoms with Crippen LogP contribution < -0.4 is 14.8 Å². The summed E-state index contributed by atoms with van der Waals surface area (Å²) in [6, 6.07) is 12.5. The molecule has 0 atom stereocenters. The Bertz CT molecular complexity index is 939. The number of carbonyl (C=O) groups is 2. The second-order valence-corrected chi connectivity index (χ2v) is 6.64. The first-order valence-electron chi connectivity index (χ1n) is 9.60. The Hall–Kier alpha value is -3.35. The van der Waals surface area contributed by atoms with Crippen molar-refractivity contribution < 1.29 is 19.1 Å². The summed E-state index contributed by atoms with van der Waals surface area (Å²) >= 11 is 0. The normalized spacial score (nSPS) is 13.5. The van der Waals surface area contributed by atoms with Crippen molar-refractivity contribution in [1.29, 1.82) is 0 Å². The zero-order valence-corrected chi connectivity index (χ0v) is 16.9. The summed E-state index contributed by atoms with van der Waals surface area (Å²) in [4.78, 5) is 24.2. The summed E-state index contributed by atoms with van der Waals surface area (Å²) in [5.74, 6) is 0.932. The standard InChI is InChI=1S/C22H25N3O4/c1-4-29-21-14-16(10-11-20(21)28-3)19-9-6-12-25(24-19)22(27)17-7-5-8-18(13-17)23-15(2)26/h5,7-8,10-11,13-14H,4,6,9,12H2,1-3H3,(H,23,26). The zero-order chi connectivity index (χ0) is 20.8. The smallest absolute Gasteiger partial charge is 0.274 e. The Kier molecular flexibility index (Phi) is 6.49. The number of hydrogen-bond donors (Lipinski definition) is 1. The number of benzene rings is 2. The van der Waals surface area contributed by atoms with Gasteiger partial charge in [-0.1, -0.05) is 6.07 Å². The molecule has 2 aromatic rings. The highest BCUT2D eigenvalue weighted by atomic mass is 16.5. The van der Waals surface area contributed by atoms with Gasteiger partial charge in [0.15, 0.2) is 11.5 Å². The molecule has 29 heavy (non-hydrogen) atoms. The molecule has 0 radical (unpaired) electrons. The highest BCUT2D eigenvalue weighted by Crippen LogP contribution is 2.29. The minimum absolute atomic E-state index is 0.183. The first-order chi connectivity index (χ1) is 14.0. The van der Waals surface area contributed by atoms with Crippen LogP contribution in [-0.4, -0.2) is 42.8 Å². The predicted molar refractivity (Wildman–Crippen MR) is 112 cm³/mol. The van der Waals surface area contributed by atoms with E-state index in [1.54, 1.807) is 31.4 Å². The lowest BCUT2D eigenvalue weighted by Crippen LogP contribution is -2.32. The molecule has 0 saturated heterocycles. The number of anilines is 1. The van der Waals surface area contributed by atoms with Crippen LogP contribution >= 0.6 is 0 Å². The maximum atomic E-state index is 12.9. The maximum absolute atomic E-state index is 12.9. The van der Waals surface area contributed by atoms with Gasteiger partial charge >= 0.3 is 0 Å². The Morgan fingerprint density at radius 3 is 2.72 bits per heavy atom. The van der Waals surface area contributed by atoms with Crippen LogP contribution in [0.15, 0.2) is 47.6 Å². The van der Waals surface area contributed by atoms with Crippen LogP contribution in [0.5, 0.6) is 11.5 Å². The van der Waals surface area contributed by atoms with E-state index in [-0.39, 0.29) is 11.8 Å². The van der Waals surface area contributed by atoms with Crippen molar-refractivity contribution in [2.24, 2.45) is 5.10 Å². The van der Waals surface area contributed by atoms with Gasteiger partial charge in [-0.2, -0.15) is 5.10 Å². The third kappa shape index (κ3) is 4.93. The monoisotopic (exact) mass is 395 g/mol. The van der Waals surface area contributed by atoms with Gasteiger partial charge in [0.1, 0.15) is 0 Å². The first-order valence-corrected chi connectivity index (χ1v) is 9.60. The van der Waals surface area contributed by atoms with Gasteiger partial charge in [0.05, 0.1) is 19.4 Å².